The van der Waals surface area contributed by atoms with Crippen LogP contribution in [0.25, 0.3) is 0 Å². The fourth-order valence-electron chi connectivity index (χ4n) is 4.16. The minimum atomic E-state index is 0.203. The maximum Gasteiger partial charge on any atom is 0.222 e. The van der Waals surface area contributed by atoms with Crippen LogP contribution in [0.1, 0.15) is 52.0 Å². The lowest BCUT2D eigenvalue weighted by atomic mass is 9.87. The predicted octanol–water partition coefficient (Wildman–Crippen LogP) is 2.84. The molecule has 2 aliphatic heterocycles. The van der Waals surface area contributed by atoms with E-state index in [9.17, 15) is 4.79 Å². The SMILES string of the molecule is CC(C)(C)c1ccc(N2CCN(CCCC(=O)N3CCC(N)CC3)CC2)cc1. The van der Waals surface area contributed by atoms with Gasteiger partial charge >= 0.3 is 0 Å². The van der Waals surface area contributed by atoms with E-state index in [1.54, 1.807) is 0 Å². The molecule has 2 aliphatic rings. The van der Waals surface area contributed by atoms with Crippen LogP contribution in [0.5, 0.6) is 0 Å². The Labute approximate surface area is 170 Å². The average molecular weight is 387 g/mol. The fraction of sp³-hybridized carbons (Fsp3) is 0.696. The lowest BCUT2D eigenvalue weighted by molar-refractivity contribution is -0.132. The molecule has 5 nitrogen and oxygen atoms in total. The van der Waals surface area contributed by atoms with E-state index >= 15 is 0 Å². The molecular weight excluding hydrogens is 348 g/mol. The summed E-state index contributed by atoms with van der Waals surface area (Å²) in [7, 11) is 0. The second-order valence-electron chi connectivity index (χ2n) is 9.45. The zero-order valence-electron chi connectivity index (χ0n) is 18.0. The maximum absolute atomic E-state index is 12.3. The summed E-state index contributed by atoms with van der Waals surface area (Å²) >= 11 is 0. The van der Waals surface area contributed by atoms with Crippen LogP contribution in [0.2, 0.25) is 0 Å². The fourth-order valence-corrected chi connectivity index (χ4v) is 4.16. The topological polar surface area (TPSA) is 52.8 Å². The van der Waals surface area contributed by atoms with Crippen LogP contribution in [0.4, 0.5) is 5.69 Å². The number of hydrogen-bond acceptors (Lipinski definition) is 4. The number of piperazine rings is 1. The molecule has 2 N–H and O–H groups in total. The smallest absolute Gasteiger partial charge is 0.222 e. The van der Waals surface area contributed by atoms with Gasteiger partial charge in [-0.3, -0.25) is 9.69 Å². The minimum Gasteiger partial charge on any atom is -0.369 e. The lowest BCUT2D eigenvalue weighted by Crippen LogP contribution is -2.47. The molecule has 2 fully saturated rings. The van der Waals surface area contributed by atoms with Gasteiger partial charge in [0.05, 0.1) is 0 Å². The molecule has 156 valence electrons. The Morgan fingerprint density at radius 1 is 1.00 bits per heavy atom. The molecule has 0 atom stereocenters. The molecule has 2 saturated heterocycles. The Morgan fingerprint density at radius 2 is 1.61 bits per heavy atom. The number of amides is 1. The van der Waals surface area contributed by atoms with Crippen LogP contribution in [0.15, 0.2) is 24.3 Å². The molecule has 0 spiro atoms. The summed E-state index contributed by atoms with van der Waals surface area (Å²) in [5, 5.41) is 0. The summed E-state index contributed by atoms with van der Waals surface area (Å²) < 4.78 is 0. The van der Waals surface area contributed by atoms with Crippen LogP contribution in [0, 0.1) is 0 Å². The number of rotatable bonds is 5. The van der Waals surface area contributed by atoms with Crippen molar-refractivity contribution in [2.24, 2.45) is 5.73 Å². The van der Waals surface area contributed by atoms with E-state index in [1.165, 1.54) is 11.3 Å². The van der Waals surface area contributed by atoms with Crippen LogP contribution in [0.3, 0.4) is 0 Å². The number of carbonyl (C=O) groups is 1. The first-order valence-electron chi connectivity index (χ1n) is 10.9. The predicted molar refractivity (Wildman–Crippen MR) is 117 cm³/mol. The van der Waals surface area contributed by atoms with E-state index in [1.807, 2.05) is 4.90 Å². The third kappa shape index (κ3) is 5.71. The molecular formula is C23H38N4O. The molecule has 2 heterocycles. The van der Waals surface area contributed by atoms with Crippen LogP contribution in [-0.4, -0.2) is 67.6 Å². The third-order valence-electron chi connectivity index (χ3n) is 6.23. The summed E-state index contributed by atoms with van der Waals surface area (Å²) in [6.45, 7) is 13.7. The first-order valence-corrected chi connectivity index (χ1v) is 10.9. The van der Waals surface area contributed by atoms with Crippen molar-refractivity contribution >= 4 is 11.6 Å². The monoisotopic (exact) mass is 386 g/mol. The molecule has 0 aliphatic carbocycles. The summed E-state index contributed by atoms with van der Waals surface area (Å²) in [5.41, 5.74) is 8.84. The van der Waals surface area contributed by atoms with Crippen molar-refractivity contribution in [1.82, 2.24) is 9.80 Å². The van der Waals surface area contributed by atoms with Gasteiger partial charge in [0, 0.05) is 57.4 Å². The van der Waals surface area contributed by atoms with Gasteiger partial charge in [0.2, 0.25) is 5.91 Å². The highest BCUT2D eigenvalue weighted by atomic mass is 16.2. The van der Waals surface area contributed by atoms with Gasteiger partial charge in [0.1, 0.15) is 0 Å². The quantitative estimate of drug-likeness (QED) is 0.845. The molecule has 0 unspecified atom stereocenters. The van der Waals surface area contributed by atoms with Gasteiger partial charge < -0.3 is 15.5 Å². The molecule has 0 aromatic heterocycles. The average Bonchev–Trinajstić information content (AvgIpc) is 2.68. The van der Waals surface area contributed by atoms with Gasteiger partial charge in [-0.1, -0.05) is 32.9 Å². The van der Waals surface area contributed by atoms with Crippen molar-refractivity contribution in [3.63, 3.8) is 0 Å². The highest BCUT2D eigenvalue weighted by molar-refractivity contribution is 5.76. The summed E-state index contributed by atoms with van der Waals surface area (Å²) in [5.74, 6) is 0.310. The largest absolute Gasteiger partial charge is 0.369 e. The number of piperidine rings is 1. The second-order valence-corrected chi connectivity index (χ2v) is 9.45. The number of nitrogens with two attached hydrogens (primary N) is 1. The molecule has 3 rings (SSSR count). The maximum atomic E-state index is 12.3. The highest BCUT2D eigenvalue weighted by Crippen LogP contribution is 2.25. The van der Waals surface area contributed by atoms with Gasteiger partial charge in [0.15, 0.2) is 0 Å². The molecule has 0 radical (unpaired) electrons. The summed E-state index contributed by atoms with van der Waals surface area (Å²) in [6, 6.07) is 9.34. The van der Waals surface area contributed by atoms with Crippen LogP contribution < -0.4 is 10.6 Å². The Bertz CT molecular complexity index is 621. The zero-order chi connectivity index (χ0) is 20.1. The van der Waals surface area contributed by atoms with E-state index in [2.05, 4.69) is 54.8 Å². The van der Waals surface area contributed by atoms with Crippen LogP contribution >= 0.6 is 0 Å². The number of anilines is 1. The second kappa shape index (κ2) is 9.27. The zero-order valence-corrected chi connectivity index (χ0v) is 18.0. The first kappa shape index (κ1) is 21.1. The Morgan fingerprint density at radius 3 is 2.18 bits per heavy atom. The lowest BCUT2D eigenvalue weighted by Gasteiger charge is -2.36. The van der Waals surface area contributed by atoms with Gasteiger partial charge in [-0.05, 0) is 48.9 Å². The van der Waals surface area contributed by atoms with E-state index < -0.39 is 0 Å². The molecule has 1 amide bonds. The Balaban J connectivity index is 1.37. The summed E-state index contributed by atoms with van der Waals surface area (Å²) in [4.78, 5) is 19.3. The van der Waals surface area contributed by atoms with Gasteiger partial charge in [-0.15, -0.1) is 0 Å². The Hall–Kier alpha value is -1.59. The number of benzene rings is 1. The van der Waals surface area contributed by atoms with Crippen molar-refractivity contribution in [1.29, 1.82) is 0 Å². The molecule has 5 heteroatoms. The Kier molecular flexibility index (Phi) is 7.00. The minimum absolute atomic E-state index is 0.203. The van der Waals surface area contributed by atoms with E-state index in [0.717, 1.165) is 65.1 Å². The molecule has 0 bridgehead atoms. The van der Waals surface area contributed by atoms with E-state index in [4.69, 9.17) is 5.73 Å². The molecule has 1 aromatic rings. The molecule has 28 heavy (non-hydrogen) atoms. The van der Waals surface area contributed by atoms with Gasteiger partial charge in [-0.25, -0.2) is 0 Å². The van der Waals surface area contributed by atoms with Crippen molar-refractivity contribution in [3.8, 4) is 0 Å². The molecule has 0 saturated carbocycles. The van der Waals surface area contributed by atoms with Crippen LogP contribution in [-0.2, 0) is 10.2 Å². The van der Waals surface area contributed by atoms with Crippen molar-refractivity contribution in [3.05, 3.63) is 29.8 Å². The van der Waals surface area contributed by atoms with Gasteiger partial charge in [-0.2, -0.15) is 0 Å². The van der Waals surface area contributed by atoms with Crippen molar-refractivity contribution < 1.29 is 4.79 Å². The van der Waals surface area contributed by atoms with E-state index in [0.29, 0.717) is 12.3 Å². The van der Waals surface area contributed by atoms with E-state index in [-0.39, 0.29) is 11.5 Å². The number of nitrogens with zero attached hydrogens (tertiary/aromatic N) is 3. The summed E-state index contributed by atoms with van der Waals surface area (Å²) in [6.07, 6.45) is 3.53. The first-order chi connectivity index (χ1) is 13.3. The third-order valence-corrected chi connectivity index (χ3v) is 6.23. The number of hydrogen-bond donors (Lipinski definition) is 1. The molecule has 1 aromatic carbocycles. The number of carbonyl (C=O) groups excluding carboxylic acids is 1. The van der Waals surface area contributed by atoms with Crippen molar-refractivity contribution in [2.45, 2.75) is 57.9 Å². The number of likely N-dealkylation sites (tertiary alicyclic amines) is 1. The van der Waals surface area contributed by atoms with Crippen molar-refractivity contribution in [2.75, 3.05) is 50.7 Å². The normalized spacial score (nSPS) is 19.9. The standard InChI is InChI=1S/C23H38N4O/c1-23(2,3)19-6-8-21(9-7-19)26-17-15-25(16-18-26)12-4-5-22(28)27-13-10-20(24)11-14-27/h6-9,20H,4-5,10-18,24H2,1-3H3. The highest BCUT2D eigenvalue weighted by Gasteiger charge is 2.21. The van der Waals surface area contributed by atoms with Gasteiger partial charge in [0.25, 0.3) is 0 Å².